The molecule has 296 valence electrons. The molecule has 6 aromatic rings. The van der Waals surface area contributed by atoms with Crippen LogP contribution in [-0.2, 0) is 37.7 Å². The first-order chi connectivity index (χ1) is 28.2. The Kier molecular flexibility index (Phi) is 10.1. The summed E-state index contributed by atoms with van der Waals surface area (Å²) < 4.78 is 13.7. The second kappa shape index (κ2) is 15.6. The highest BCUT2D eigenvalue weighted by Gasteiger charge is 2.35. The Balaban J connectivity index is 1.10. The highest BCUT2D eigenvalue weighted by atomic mass is 16.6. The van der Waals surface area contributed by atoms with Crippen molar-refractivity contribution < 1.29 is 23.9 Å². The second-order valence-corrected chi connectivity index (χ2v) is 15.7. The Bertz CT molecular complexity index is 2520. The Hall–Kier alpha value is -6.17. The zero-order valence-corrected chi connectivity index (χ0v) is 33.2. The number of benzene rings is 4. The van der Waals surface area contributed by atoms with Crippen molar-refractivity contribution in [3.8, 4) is 17.0 Å². The molecule has 5 heterocycles. The molecule has 0 bridgehead atoms. The zero-order valence-electron chi connectivity index (χ0n) is 33.2. The van der Waals surface area contributed by atoms with Gasteiger partial charge < -0.3 is 33.7 Å². The summed E-state index contributed by atoms with van der Waals surface area (Å²) in [6.07, 6.45) is 2.73. The van der Waals surface area contributed by atoms with Crippen molar-refractivity contribution in [2.75, 3.05) is 51.3 Å². The van der Waals surface area contributed by atoms with Crippen molar-refractivity contribution in [3.63, 3.8) is 0 Å². The number of aromatic amines is 1. The second-order valence-electron chi connectivity index (χ2n) is 15.7. The third-order valence-electron chi connectivity index (χ3n) is 12.3. The van der Waals surface area contributed by atoms with E-state index in [1.54, 1.807) is 22.9 Å². The molecule has 11 heteroatoms. The van der Waals surface area contributed by atoms with Crippen molar-refractivity contribution in [2.45, 2.75) is 38.9 Å². The number of hydrogen-bond acceptors (Lipinski definition) is 6. The molecule has 58 heavy (non-hydrogen) atoms. The number of carbonyl (C=O) groups excluding carboxylic acids is 3. The van der Waals surface area contributed by atoms with Crippen molar-refractivity contribution in [1.82, 2.24) is 24.3 Å². The van der Waals surface area contributed by atoms with Crippen molar-refractivity contribution >= 4 is 34.5 Å². The normalized spacial score (nSPS) is 16.8. The van der Waals surface area contributed by atoms with Gasteiger partial charge in [-0.3, -0.25) is 14.5 Å². The summed E-state index contributed by atoms with van der Waals surface area (Å²) in [6, 6.07) is 31.6. The number of anilines is 1. The van der Waals surface area contributed by atoms with E-state index in [1.807, 2.05) is 96.4 Å². The van der Waals surface area contributed by atoms with Gasteiger partial charge in [0.25, 0.3) is 11.8 Å². The fraction of sp³-hybridized carbons (Fsp3) is 0.298. The molecule has 1 atom stereocenters. The lowest BCUT2D eigenvalue weighted by atomic mass is 9.89. The predicted molar refractivity (Wildman–Crippen MR) is 224 cm³/mol. The quantitative estimate of drug-likeness (QED) is 0.184. The molecule has 3 aliphatic heterocycles. The van der Waals surface area contributed by atoms with Crippen LogP contribution in [0.15, 0.2) is 103 Å². The van der Waals surface area contributed by atoms with Crippen LogP contribution in [0.2, 0.25) is 0 Å². The van der Waals surface area contributed by atoms with E-state index in [1.165, 1.54) is 5.56 Å². The summed E-state index contributed by atoms with van der Waals surface area (Å²) in [5.74, 6) is 0.277. The van der Waals surface area contributed by atoms with Gasteiger partial charge in [0.15, 0.2) is 5.75 Å². The van der Waals surface area contributed by atoms with Gasteiger partial charge in [0.05, 0.1) is 24.3 Å². The first-order valence-electron chi connectivity index (χ1n) is 20.1. The minimum Gasteiger partial charge on any atom is -0.408 e. The third kappa shape index (κ3) is 7.05. The topological polar surface area (TPSA) is 103 Å². The van der Waals surface area contributed by atoms with E-state index in [0.717, 1.165) is 76.3 Å². The molecule has 4 aromatic carbocycles. The minimum absolute atomic E-state index is 0.0571. The predicted octanol–water partition coefficient (Wildman–Crippen LogP) is 7.21. The first kappa shape index (κ1) is 37.4. The number of aromatic nitrogens is 2. The third-order valence-corrected chi connectivity index (χ3v) is 12.3. The maximum Gasteiger partial charge on any atom is 0.415 e. The monoisotopic (exact) mass is 776 g/mol. The molecule has 3 aliphatic rings. The largest absolute Gasteiger partial charge is 0.415 e. The van der Waals surface area contributed by atoms with E-state index in [4.69, 9.17) is 9.47 Å². The van der Waals surface area contributed by atoms with Gasteiger partial charge in [-0.25, -0.2) is 4.79 Å². The fourth-order valence-electron chi connectivity index (χ4n) is 8.80. The molecular weight excluding hydrogens is 729 g/mol. The average Bonchev–Trinajstić information content (AvgIpc) is 3.87. The Morgan fingerprint density at radius 2 is 1.60 bits per heavy atom. The highest BCUT2D eigenvalue weighted by molar-refractivity contribution is 6.08. The van der Waals surface area contributed by atoms with Crippen LogP contribution in [0, 0.1) is 6.92 Å². The van der Waals surface area contributed by atoms with Crippen LogP contribution in [0.25, 0.3) is 22.2 Å². The number of fused-ring (bicyclic) bond motifs is 3. The molecule has 11 nitrogen and oxygen atoms in total. The van der Waals surface area contributed by atoms with E-state index >= 15 is 4.79 Å². The minimum atomic E-state index is -0.438. The highest BCUT2D eigenvalue weighted by Crippen LogP contribution is 2.36. The Labute approximate surface area is 338 Å². The Morgan fingerprint density at radius 1 is 0.828 bits per heavy atom. The van der Waals surface area contributed by atoms with E-state index < -0.39 is 6.09 Å². The summed E-state index contributed by atoms with van der Waals surface area (Å²) in [5, 5.41) is 0.963. The van der Waals surface area contributed by atoms with Crippen LogP contribution in [0.5, 0.6) is 5.75 Å². The lowest BCUT2D eigenvalue weighted by Crippen LogP contribution is -2.52. The first-order valence-corrected chi connectivity index (χ1v) is 20.1. The number of ether oxygens (including phenoxy) is 2. The molecule has 1 saturated heterocycles. The number of nitrogens with zero attached hydrogens (tertiary/aromatic N) is 5. The summed E-state index contributed by atoms with van der Waals surface area (Å²) in [4.78, 5) is 54.2. The van der Waals surface area contributed by atoms with Gasteiger partial charge in [-0.15, -0.1) is 0 Å². The fourth-order valence-corrected chi connectivity index (χ4v) is 8.80. The van der Waals surface area contributed by atoms with E-state index in [9.17, 15) is 9.59 Å². The van der Waals surface area contributed by atoms with Crippen LogP contribution in [0.1, 0.15) is 48.7 Å². The molecule has 0 unspecified atom stereocenters. The number of carbonyl (C=O) groups is 3. The number of para-hydroxylation sites is 2. The molecule has 3 amide bonds. The SMILES string of the molecule is Cc1c(C(=O)N(C)c2ccccc2)cc(-c2cc3c(cc2C(=O)N2Cc4ccccc4C[C@H]2CN2CCOCC2)CN(C(=O)Oc2cccc4cc[nH]c24)CC3)n1C. The van der Waals surface area contributed by atoms with Crippen LogP contribution in [0.3, 0.4) is 0 Å². The average molecular weight is 777 g/mol. The van der Waals surface area contributed by atoms with Crippen LogP contribution < -0.4 is 9.64 Å². The molecule has 0 radical (unpaired) electrons. The van der Waals surface area contributed by atoms with E-state index in [-0.39, 0.29) is 17.9 Å². The number of nitrogens with one attached hydrogen (secondary N) is 1. The standard InChI is InChI=1S/C47H48N6O5/c1-31-39(45(54)50(3)37-13-5-4-6-14-37)27-42(49(31)2)40-25-34-17-19-52(47(56)58-43-15-9-12-32-16-18-48-44(32)43)28-36(34)26-41(40)46(55)53-29-35-11-8-7-10-33(35)24-38(53)30-51-20-22-57-23-21-51/h4-16,18,25-27,38,48H,17,19-24,28-30H2,1-3H3/t38-/m0/s1. The van der Waals surface area contributed by atoms with Gasteiger partial charge in [0.2, 0.25) is 0 Å². The molecule has 1 N–H and O–H groups in total. The van der Waals surface area contributed by atoms with E-state index in [0.29, 0.717) is 56.1 Å². The number of morpholine rings is 1. The summed E-state index contributed by atoms with van der Waals surface area (Å²) in [7, 11) is 3.74. The lowest BCUT2D eigenvalue weighted by molar-refractivity contribution is 0.0193. The molecule has 9 rings (SSSR count). The van der Waals surface area contributed by atoms with Crippen molar-refractivity contribution in [1.29, 1.82) is 0 Å². The van der Waals surface area contributed by atoms with Gasteiger partial charge in [0, 0.05) is 99.2 Å². The maximum atomic E-state index is 15.4. The molecule has 0 saturated carbocycles. The van der Waals surface area contributed by atoms with Gasteiger partial charge in [-0.1, -0.05) is 54.6 Å². The molecule has 0 aliphatic carbocycles. The van der Waals surface area contributed by atoms with E-state index in [2.05, 4.69) is 34.1 Å². The zero-order chi connectivity index (χ0) is 39.9. The molecule has 2 aromatic heterocycles. The lowest BCUT2D eigenvalue weighted by Gasteiger charge is -2.41. The van der Waals surface area contributed by atoms with Crippen LogP contribution in [0.4, 0.5) is 10.5 Å². The van der Waals surface area contributed by atoms with Gasteiger partial charge in [0.1, 0.15) is 0 Å². The van der Waals surface area contributed by atoms with Crippen molar-refractivity contribution in [3.05, 3.63) is 142 Å². The number of H-pyrrole nitrogens is 1. The van der Waals surface area contributed by atoms with Crippen molar-refractivity contribution in [2.24, 2.45) is 7.05 Å². The summed E-state index contributed by atoms with van der Waals surface area (Å²) in [6.45, 7) is 6.95. The van der Waals surface area contributed by atoms with Gasteiger partial charge in [-0.05, 0) is 84.5 Å². The molecule has 1 fully saturated rings. The van der Waals surface area contributed by atoms with Gasteiger partial charge in [-0.2, -0.15) is 0 Å². The molecule has 0 spiro atoms. The molecular formula is C47H48N6O5. The van der Waals surface area contributed by atoms with Gasteiger partial charge >= 0.3 is 6.09 Å². The number of hydrogen-bond donors (Lipinski definition) is 1. The summed E-state index contributed by atoms with van der Waals surface area (Å²) >= 11 is 0. The number of amides is 3. The van der Waals surface area contributed by atoms with Crippen LogP contribution >= 0.6 is 0 Å². The maximum absolute atomic E-state index is 15.4. The summed E-state index contributed by atoms with van der Waals surface area (Å²) in [5.41, 5.74) is 9.43. The number of rotatable bonds is 7. The van der Waals surface area contributed by atoms with Crippen LogP contribution in [-0.4, -0.2) is 94.6 Å². The Morgan fingerprint density at radius 3 is 2.41 bits per heavy atom. The smallest absolute Gasteiger partial charge is 0.408 e.